The number of ether oxygens (including phenoxy) is 1. The first kappa shape index (κ1) is 17.0. The summed E-state index contributed by atoms with van der Waals surface area (Å²) in [7, 11) is 0. The van der Waals surface area contributed by atoms with Crippen LogP contribution in [0.1, 0.15) is 15.9 Å². The van der Waals surface area contributed by atoms with Gasteiger partial charge in [-0.3, -0.25) is 20.2 Å². The minimum atomic E-state index is -0.875. The molecule has 1 aliphatic heterocycles. The Morgan fingerprint density at radius 2 is 1.46 bits per heavy atom. The van der Waals surface area contributed by atoms with Crippen LogP contribution < -0.4 is 15.4 Å². The van der Waals surface area contributed by atoms with E-state index < -0.39 is 29.6 Å². The zero-order valence-corrected chi connectivity index (χ0v) is 13.1. The average molecular weight is 354 g/mol. The fourth-order valence-electron chi connectivity index (χ4n) is 2.16. The van der Waals surface area contributed by atoms with E-state index in [9.17, 15) is 23.6 Å². The molecule has 0 bridgehead atoms. The maximum Gasteiger partial charge on any atom is 0.343 e. The Bertz CT molecular complexity index is 911. The lowest BCUT2D eigenvalue weighted by molar-refractivity contribution is -0.123. The zero-order valence-electron chi connectivity index (χ0n) is 13.1. The van der Waals surface area contributed by atoms with E-state index in [0.29, 0.717) is 5.56 Å². The van der Waals surface area contributed by atoms with Gasteiger partial charge in [-0.05, 0) is 48.0 Å². The average Bonchev–Trinajstić information content (AvgIpc) is 2.60. The second-order valence-corrected chi connectivity index (χ2v) is 5.26. The molecular weight excluding hydrogens is 343 g/mol. The highest BCUT2D eigenvalue weighted by molar-refractivity contribution is 6.31. The van der Waals surface area contributed by atoms with Crippen LogP contribution in [0.25, 0.3) is 6.08 Å². The van der Waals surface area contributed by atoms with Crippen molar-refractivity contribution in [1.29, 1.82) is 0 Å². The lowest BCUT2D eigenvalue weighted by atomic mass is 10.1. The molecule has 1 fully saturated rings. The van der Waals surface area contributed by atoms with E-state index in [4.69, 9.17) is 4.74 Å². The lowest BCUT2D eigenvalue weighted by Gasteiger charge is -2.13. The summed E-state index contributed by atoms with van der Waals surface area (Å²) in [6.45, 7) is 0. The fourth-order valence-corrected chi connectivity index (χ4v) is 2.16. The predicted molar refractivity (Wildman–Crippen MR) is 87.5 cm³/mol. The van der Waals surface area contributed by atoms with Crippen LogP contribution in [0.5, 0.6) is 5.75 Å². The maximum atomic E-state index is 12.9. The second-order valence-electron chi connectivity index (χ2n) is 5.26. The van der Waals surface area contributed by atoms with Crippen molar-refractivity contribution < 1.29 is 28.3 Å². The molecule has 1 heterocycles. The van der Waals surface area contributed by atoms with Gasteiger partial charge in [0.05, 0.1) is 5.56 Å². The van der Waals surface area contributed by atoms with Crippen LogP contribution in [-0.4, -0.2) is 23.8 Å². The molecule has 0 saturated carbocycles. The molecular formula is C18H11FN2O5. The van der Waals surface area contributed by atoms with Crippen molar-refractivity contribution >= 4 is 29.9 Å². The molecule has 3 rings (SSSR count). The van der Waals surface area contributed by atoms with Gasteiger partial charge in [0.2, 0.25) is 0 Å². The van der Waals surface area contributed by atoms with Crippen LogP contribution in [0.3, 0.4) is 0 Å². The van der Waals surface area contributed by atoms with Crippen LogP contribution in [-0.2, 0) is 9.59 Å². The number of urea groups is 1. The molecule has 2 N–H and O–H groups in total. The Kier molecular flexibility index (Phi) is 4.57. The number of hydrogen-bond acceptors (Lipinski definition) is 5. The van der Waals surface area contributed by atoms with Crippen LogP contribution in [0.2, 0.25) is 0 Å². The van der Waals surface area contributed by atoms with Crippen molar-refractivity contribution in [3.8, 4) is 5.75 Å². The first-order valence-corrected chi connectivity index (χ1v) is 7.38. The smallest absolute Gasteiger partial charge is 0.343 e. The van der Waals surface area contributed by atoms with E-state index in [-0.39, 0.29) is 16.9 Å². The summed E-state index contributed by atoms with van der Waals surface area (Å²) >= 11 is 0. The van der Waals surface area contributed by atoms with E-state index in [0.717, 1.165) is 12.1 Å². The van der Waals surface area contributed by atoms with Crippen molar-refractivity contribution in [2.24, 2.45) is 0 Å². The van der Waals surface area contributed by atoms with Crippen LogP contribution in [0, 0.1) is 5.82 Å². The Morgan fingerprint density at radius 1 is 0.885 bits per heavy atom. The summed E-state index contributed by atoms with van der Waals surface area (Å²) in [6, 6.07) is 10.0. The van der Waals surface area contributed by atoms with E-state index in [1.165, 1.54) is 42.5 Å². The number of barbiturate groups is 1. The van der Waals surface area contributed by atoms with E-state index in [1.807, 2.05) is 10.6 Å². The highest BCUT2D eigenvalue weighted by atomic mass is 19.1. The third-order valence-corrected chi connectivity index (χ3v) is 3.42. The summed E-state index contributed by atoms with van der Waals surface area (Å²) in [6.07, 6.45) is 1.29. The quantitative estimate of drug-likeness (QED) is 0.379. The second kappa shape index (κ2) is 6.98. The molecule has 7 nitrogen and oxygen atoms in total. The SMILES string of the molecule is O=C1NC(=O)C(=Cc2ccc(OC(=O)c3ccc(F)cc3)cc2)C(=O)N1. The van der Waals surface area contributed by atoms with Gasteiger partial charge in [-0.15, -0.1) is 0 Å². The van der Waals surface area contributed by atoms with E-state index >= 15 is 0 Å². The van der Waals surface area contributed by atoms with Crippen LogP contribution in [0.4, 0.5) is 9.18 Å². The predicted octanol–water partition coefficient (Wildman–Crippen LogP) is 1.79. The van der Waals surface area contributed by atoms with Crippen molar-refractivity contribution in [3.05, 3.63) is 71.0 Å². The Labute approximate surface area is 146 Å². The van der Waals surface area contributed by atoms with Crippen molar-refractivity contribution in [3.63, 3.8) is 0 Å². The van der Waals surface area contributed by atoms with Gasteiger partial charge in [-0.1, -0.05) is 12.1 Å². The number of nitrogens with one attached hydrogen (secondary N) is 2. The number of esters is 1. The number of halogens is 1. The molecule has 0 radical (unpaired) electrons. The lowest BCUT2D eigenvalue weighted by Crippen LogP contribution is -2.51. The molecule has 1 aliphatic rings. The number of imide groups is 2. The molecule has 26 heavy (non-hydrogen) atoms. The molecule has 2 aromatic rings. The van der Waals surface area contributed by atoms with Gasteiger partial charge in [0.25, 0.3) is 11.8 Å². The van der Waals surface area contributed by atoms with Crippen LogP contribution >= 0.6 is 0 Å². The summed E-state index contributed by atoms with van der Waals surface area (Å²) in [4.78, 5) is 46.3. The molecule has 4 amide bonds. The maximum absolute atomic E-state index is 12.9. The zero-order chi connectivity index (χ0) is 18.7. The molecule has 0 atom stereocenters. The van der Waals surface area contributed by atoms with Gasteiger partial charge in [-0.2, -0.15) is 0 Å². The minimum absolute atomic E-state index is 0.192. The standard InChI is InChI=1S/C18H11FN2O5/c19-12-5-3-11(4-6-12)17(24)26-13-7-1-10(2-8-13)9-14-15(22)20-18(25)21-16(14)23/h1-9H,(H2,20,21,22,23,25). The number of hydrogen-bond donors (Lipinski definition) is 2. The van der Waals surface area contributed by atoms with Gasteiger partial charge in [0.15, 0.2) is 0 Å². The molecule has 1 saturated heterocycles. The molecule has 130 valence electrons. The van der Waals surface area contributed by atoms with Gasteiger partial charge >= 0.3 is 12.0 Å². The van der Waals surface area contributed by atoms with Crippen molar-refractivity contribution in [1.82, 2.24) is 10.6 Å². The third kappa shape index (κ3) is 3.81. The first-order valence-electron chi connectivity index (χ1n) is 7.38. The highest BCUT2D eigenvalue weighted by Gasteiger charge is 2.27. The number of rotatable bonds is 3. The summed E-state index contributed by atoms with van der Waals surface area (Å²) < 4.78 is 18.0. The Balaban J connectivity index is 1.72. The third-order valence-electron chi connectivity index (χ3n) is 3.42. The van der Waals surface area contributed by atoms with Gasteiger partial charge < -0.3 is 4.74 Å². The molecule has 0 unspecified atom stereocenters. The largest absolute Gasteiger partial charge is 0.423 e. The first-order chi connectivity index (χ1) is 12.4. The molecule has 2 aromatic carbocycles. The summed E-state index contributed by atoms with van der Waals surface area (Å²) in [5.41, 5.74) is 0.458. The molecule has 0 aliphatic carbocycles. The highest BCUT2D eigenvalue weighted by Crippen LogP contribution is 2.17. The normalized spacial score (nSPS) is 13.7. The minimum Gasteiger partial charge on any atom is -0.423 e. The summed E-state index contributed by atoms with van der Waals surface area (Å²) in [5.74, 6) is -2.48. The van der Waals surface area contributed by atoms with Gasteiger partial charge in [0, 0.05) is 0 Å². The summed E-state index contributed by atoms with van der Waals surface area (Å²) in [5, 5.41) is 3.93. The molecule has 8 heteroatoms. The van der Waals surface area contributed by atoms with Gasteiger partial charge in [0.1, 0.15) is 17.1 Å². The number of carbonyl (C=O) groups is 4. The molecule has 0 aromatic heterocycles. The van der Waals surface area contributed by atoms with Crippen molar-refractivity contribution in [2.75, 3.05) is 0 Å². The molecule has 0 spiro atoms. The van der Waals surface area contributed by atoms with E-state index in [2.05, 4.69) is 0 Å². The number of amides is 4. The van der Waals surface area contributed by atoms with E-state index in [1.54, 1.807) is 0 Å². The monoisotopic (exact) mass is 354 g/mol. The van der Waals surface area contributed by atoms with Crippen molar-refractivity contribution in [2.45, 2.75) is 0 Å². The Hall–Kier alpha value is -3.81. The van der Waals surface area contributed by atoms with Gasteiger partial charge in [-0.25, -0.2) is 14.0 Å². The topological polar surface area (TPSA) is 102 Å². The number of carbonyl (C=O) groups excluding carboxylic acids is 4. The number of benzene rings is 2. The Morgan fingerprint density at radius 3 is 2.04 bits per heavy atom. The fraction of sp³-hybridized carbons (Fsp3) is 0. The van der Waals surface area contributed by atoms with Crippen LogP contribution in [0.15, 0.2) is 54.1 Å².